The number of hydrogen-bond acceptors (Lipinski definition) is 5. The summed E-state index contributed by atoms with van der Waals surface area (Å²) in [6, 6.07) is 9.79. The molecule has 0 unspecified atom stereocenters. The highest BCUT2D eigenvalue weighted by Gasteiger charge is 2.28. The number of carbonyl (C=O) groups excluding carboxylic acids is 1. The monoisotopic (exact) mass is 433 g/mol. The smallest absolute Gasteiger partial charge is 0.251 e. The van der Waals surface area contributed by atoms with Crippen LogP contribution in [0.25, 0.3) is 5.65 Å². The first-order valence-electron chi connectivity index (χ1n) is 9.27. The van der Waals surface area contributed by atoms with Gasteiger partial charge < -0.3 is 5.32 Å². The molecule has 1 aromatic carbocycles. The minimum atomic E-state index is -3.43. The van der Waals surface area contributed by atoms with Gasteiger partial charge in [0.15, 0.2) is 11.5 Å². The minimum absolute atomic E-state index is 0.0801. The molecule has 10 heteroatoms. The molecular formula is C19H20ClN5O3S. The fraction of sp³-hybridized carbons (Fsp3) is 0.316. The third kappa shape index (κ3) is 3.79. The van der Waals surface area contributed by atoms with E-state index in [9.17, 15) is 13.2 Å². The normalized spacial score (nSPS) is 17.2. The summed E-state index contributed by atoms with van der Waals surface area (Å²) in [7, 11) is -3.43. The Balaban J connectivity index is 1.59. The molecule has 2 aromatic heterocycles. The average molecular weight is 434 g/mol. The zero-order valence-electron chi connectivity index (χ0n) is 15.7. The highest BCUT2D eigenvalue weighted by atomic mass is 35.5. The highest BCUT2D eigenvalue weighted by Crippen LogP contribution is 2.31. The maximum atomic E-state index is 12.8. The van der Waals surface area contributed by atoms with Gasteiger partial charge in [0.05, 0.1) is 22.5 Å². The van der Waals surface area contributed by atoms with Gasteiger partial charge in [-0.3, -0.25) is 13.5 Å². The number of sulfonamides is 1. The second kappa shape index (κ2) is 7.64. The number of aromatic nitrogens is 3. The van der Waals surface area contributed by atoms with Crippen molar-refractivity contribution in [3.05, 3.63) is 59.0 Å². The molecule has 1 N–H and O–H groups in total. The Morgan fingerprint density at radius 2 is 2.03 bits per heavy atom. The SMILES string of the molecule is C[C@@H](NC(=O)c1ccc(Cl)c(N2CCCCS2(=O)=O)c1)c1nnc2ccccn12. The topological polar surface area (TPSA) is 96.7 Å². The summed E-state index contributed by atoms with van der Waals surface area (Å²) in [4.78, 5) is 12.8. The Bertz CT molecular complexity index is 1180. The largest absolute Gasteiger partial charge is 0.342 e. The van der Waals surface area contributed by atoms with E-state index < -0.39 is 16.1 Å². The maximum Gasteiger partial charge on any atom is 0.251 e. The van der Waals surface area contributed by atoms with Crippen LogP contribution < -0.4 is 9.62 Å². The van der Waals surface area contributed by atoms with E-state index in [-0.39, 0.29) is 11.7 Å². The van der Waals surface area contributed by atoms with Gasteiger partial charge in [-0.25, -0.2) is 8.42 Å². The number of nitrogens with one attached hydrogen (secondary N) is 1. The molecular weight excluding hydrogens is 414 g/mol. The van der Waals surface area contributed by atoms with Crippen LogP contribution in [0, 0.1) is 0 Å². The molecule has 8 nitrogen and oxygen atoms in total. The van der Waals surface area contributed by atoms with Crippen molar-refractivity contribution >= 4 is 38.9 Å². The molecule has 1 atom stereocenters. The Labute approximate surface area is 173 Å². The number of benzene rings is 1. The molecule has 4 rings (SSSR count). The first kappa shape index (κ1) is 19.7. The van der Waals surface area contributed by atoms with Crippen LogP contribution in [0.1, 0.15) is 42.0 Å². The van der Waals surface area contributed by atoms with E-state index in [1.165, 1.54) is 10.4 Å². The molecule has 0 bridgehead atoms. The standard InChI is InChI=1S/C19H20ClN5O3S/c1-13(18-23-22-17-6-2-3-9-24(17)18)21-19(26)14-7-8-15(20)16(12-14)25-10-4-5-11-29(25,27)28/h2-3,6-9,12-13H,4-5,10-11H2,1H3,(H,21,26)/t13-/m1/s1. The van der Waals surface area contributed by atoms with Crippen molar-refractivity contribution in [3.63, 3.8) is 0 Å². The second-order valence-electron chi connectivity index (χ2n) is 6.94. The molecule has 0 radical (unpaired) electrons. The number of rotatable bonds is 4. The molecule has 0 saturated carbocycles. The summed E-state index contributed by atoms with van der Waals surface area (Å²) in [6.45, 7) is 2.17. The summed E-state index contributed by atoms with van der Waals surface area (Å²) in [5.74, 6) is 0.329. The average Bonchev–Trinajstić information content (AvgIpc) is 3.12. The van der Waals surface area contributed by atoms with Crippen LogP contribution in [0.5, 0.6) is 0 Å². The van der Waals surface area contributed by atoms with Crippen molar-refractivity contribution in [2.75, 3.05) is 16.6 Å². The quantitative estimate of drug-likeness (QED) is 0.682. The molecule has 1 saturated heterocycles. The van der Waals surface area contributed by atoms with Crippen molar-refractivity contribution in [2.45, 2.75) is 25.8 Å². The first-order valence-corrected chi connectivity index (χ1v) is 11.3. The van der Waals surface area contributed by atoms with Gasteiger partial charge >= 0.3 is 0 Å². The van der Waals surface area contributed by atoms with Crippen molar-refractivity contribution in [1.82, 2.24) is 19.9 Å². The molecule has 3 aromatic rings. The predicted molar refractivity (Wildman–Crippen MR) is 111 cm³/mol. The van der Waals surface area contributed by atoms with Gasteiger partial charge in [-0.15, -0.1) is 10.2 Å². The number of amides is 1. The van der Waals surface area contributed by atoms with Crippen LogP contribution >= 0.6 is 11.6 Å². The number of pyridine rings is 1. The lowest BCUT2D eigenvalue weighted by molar-refractivity contribution is 0.0938. The maximum absolute atomic E-state index is 12.8. The van der Waals surface area contributed by atoms with E-state index in [4.69, 9.17) is 11.6 Å². The van der Waals surface area contributed by atoms with Gasteiger partial charge in [-0.2, -0.15) is 0 Å². The molecule has 29 heavy (non-hydrogen) atoms. The molecule has 0 aliphatic carbocycles. The molecule has 1 amide bonds. The van der Waals surface area contributed by atoms with Crippen LogP contribution in [0.2, 0.25) is 5.02 Å². The molecule has 0 spiro atoms. The van der Waals surface area contributed by atoms with E-state index in [0.717, 1.165) is 6.42 Å². The van der Waals surface area contributed by atoms with Gasteiger partial charge in [0.25, 0.3) is 5.91 Å². The van der Waals surface area contributed by atoms with Crippen LogP contribution in [0.4, 0.5) is 5.69 Å². The zero-order chi connectivity index (χ0) is 20.6. The van der Waals surface area contributed by atoms with Gasteiger partial charge in [0.2, 0.25) is 10.0 Å². The van der Waals surface area contributed by atoms with Crippen LogP contribution in [-0.4, -0.2) is 41.2 Å². The van der Waals surface area contributed by atoms with E-state index in [1.807, 2.05) is 31.3 Å². The highest BCUT2D eigenvalue weighted by molar-refractivity contribution is 7.92. The predicted octanol–water partition coefficient (Wildman–Crippen LogP) is 2.80. The number of anilines is 1. The molecule has 1 aliphatic rings. The molecule has 3 heterocycles. The van der Waals surface area contributed by atoms with E-state index in [1.54, 1.807) is 16.5 Å². The fourth-order valence-electron chi connectivity index (χ4n) is 3.40. The summed E-state index contributed by atoms with van der Waals surface area (Å²) in [5, 5.41) is 11.4. The molecule has 1 aliphatic heterocycles. The summed E-state index contributed by atoms with van der Waals surface area (Å²) >= 11 is 6.25. The van der Waals surface area contributed by atoms with Crippen molar-refractivity contribution in [2.24, 2.45) is 0 Å². The number of carbonyl (C=O) groups is 1. The van der Waals surface area contributed by atoms with Gasteiger partial charge in [0.1, 0.15) is 0 Å². The van der Waals surface area contributed by atoms with Gasteiger partial charge in [-0.05, 0) is 50.1 Å². The molecule has 152 valence electrons. The Kier molecular flexibility index (Phi) is 5.18. The minimum Gasteiger partial charge on any atom is -0.342 e. The van der Waals surface area contributed by atoms with E-state index >= 15 is 0 Å². The van der Waals surface area contributed by atoms with Gasteiger partial charge in [0, 0.05) is 18.3 Å². The number of hydrogen-bond donors (Lipinski definition) is 1. The molecule has 1 fully saturated rings. The fourth-order valence-corrected chi connectivity index (χ4v) is 5.32. The number of nitrogens with zero attached hydrogens (tertiary/aromatic N) is 4. The number of halogens is 1. The lowest BCUT2D eigenvalue weighted by Crippen LogP contribution is -2.38. The van der Waals surface area contributed by atoms with Crippen LogP contribution in [-0.2, 0) is 10.0 Å². The first-order chi connectivity index (χ1) is 13.9. The third-order valence-corrected chi connectivity index (χ3v) is 7.08. The van der Waals surface area contributed by atoms with Gasteiger partial charge in [-0.1, -0.05) is 17.7 Å². The van der Waals surface area contributed by atoms with Crippen molar-refractivity contribution in [3.8, 4) is 0 Å². The Morgan fingerprint density at radius 1 is 1.21 bits per heavy atom. The lowest BCUT2D eigenvalue weighted by Gasteiger charge is -2.29. The van der Waals surface area contributed by atoms with Crippen LogP contribution in [0.15, 0.2) is 42.6 Å². The Hall–Kier alpha value is -2.65. The zero-order valence-corrected chi connectivity index (χ0v) is 17.3. The van der Waals surface area contributed by atoms with Crippen molar-refractivity contribution < 1.29 is 13.2 Å². The summed E-state index contributed by atoms with van der Waals surface area (Å²) in [5.41, 5.74) is 1.35. The third-order valence-electron chi connectivity index (χ3n) is 4.90. The summed E-state index contributed by atoms with van der Waals surface area (Å²) in [6.07, 6.45) is 3.21. The number of fused-ring (bicyclic) bond motifs is 1. The van der Waals surface area contributed by atoms with Crippen molar-refractivity contribution in [1.29, 1.82) is 0 Å². The summed E-state index contributed by atoms with van der Waals surface area (Å²) < 4.78 is 27.9. The second-order valence-corrected chi connectivity index (χ2v) is 9.36. The van der Waals surface area contributed by atoms with Crippen LogP contribution in [0.3, 0.4) is 0 Å². The van der Waals surface area contributed by atoms with E-state index in [0.29, 0.717) is 40.7 Å². The Morgan fingerprint density at radius 3 is 2.83 bits per heavy atom. The lowest BCUT2D eigenvalue weighted by atomic mass is 10.1. The van der Waals surface area contributed by atoms with E-state index in [2.05, 4.69) is 15.5 Å².